The minimum Gasteiger partial charge on any atom is -0.374 e. The molecule has 3 heterocycles. The van der Waals surface area contributed by atoms with Crippen molar-refractivity contribution < 1.29 is 4.74 Å². The van der Waals surface area contributed by atoms with E-state index in [9.17, 15) is 0 Å². The van der Waals surface area contributed by atoms with Crippen LogP contribution in [0.3, 0.4) is 0 Å². The van der Waals surface area contributed by atoms with Gasteiger partial charge in [-0.15, -0.1) is 11.3 Å². The molecule has 0 aromatic carbocycles. The average molecular weight is 348 g/mol. The number of halogens is 1. The van der Waals surface area contributed by atoms with Crippen LogP contribution in [0.15, 0.2) is 15.9 Å². The van der Waals surface area contributed by atoms with Gasteiger partial charge in [-0.05, 0) is 47.0 Å². The lowest BCUT2D eigenvalue weighted by molar-refractivity contribution is -0.0702. The Hall–Kier alpha value is 0.450. The quantitative estimate of drug-likeness (QED) is 0.901. The SMILES string of the molecule is Brc1csc(CNC2CCOC3(CCSC3)C2)c1. The lowest BCUT2D eigenvalue weighted by Gasteiger charge is -2.38. The molecule has 3 rings (SSSR count). The van der Waals surface area contributed by atoms with E-state index in [1.165, 1.54) is 33.7 Å². The summed E-state index contributed by atoms with van der Waals surface area (Å²) in [4.78, 5) is 1.41. The molecule has 2 aliphatic rings. The zero-order valence-electron chi connectivity index (χ0n) is 10.3. The van der Waals surface area contributed by atoms with Crippen LogP contribution in [0.4, 0.5) is 0 Å². The summed E-state index contributed by atoms with van der Waals surface area (Å²) < 4.78 is 7.24. The van der Waals surface area contributed by atoms with E-state index >= 15 is 0 Å². The maximum absolute atomic E-state index is 6.05. The molecular weight excluding hydrogens is 330 g/mol. The highest BCUT2D eigenvalue weighted by molar-refractivity contribution is 9.10. The third-order valence-corrected chi connectivity index (χ3v) is 6.67. The van der Waals surface area contributed by atoms with Crippen molar-refractivity contribution in [2.75, 3.05) is 18.1 Å². The lowest BCUT2D eigenvalue weighted by atomic mass is 9.90. The highest BCUT2D eigenvalue weighted by Gasteiger charge is 2.40. The molecule has 0 amide bonds. The fraction of sp³-hybridized carbons (Fsp3) is 0.692. The van der Waals surface area contributed by atoms with Gasteiger partial charge in [-0.1, -0.05) is 0 Å². The van der Waals surface area contributed by atoms with Crippen molar-refractivity contribution in [2.45, 2.75) is 37.5 Å². The normalized spacial score (nSPS) is 32.2. The molecule has 0 bridgehead atoms. The van der Waals surface area contributed by atoms with Gasteiger partial charge in [0, 0.05) is 39.7 Å². The summed E-state index contributed by atoms with van der Waals surface area (Å²) in [5.74, 6) is 2.46. The van der Waals surface area contributed by atoms with E-state index in [1.807, 2.05) is 23.1 Å². The van der Waals surface area contributed by atoms with Crippen LogP contribution in [0.25, 0.3) is 0 Å². The van der Waals surface area contributed by atoms with E-state index in [0.29, 0.717) is 6.04 Å². The Morgan fingerprint density at radius 1 is 1.56 bits per heavy atom. The van der Waals surface area contributed by atoms with Crippen molar-refractivity contribution in [3.8, 4) is 0 Å². The number of ether oxygens (including phenoxy) is 1. The van der Waals surface area contributed by atoms with Crippen molar-refractivity contribution in [1.82, 2.24) is 5.32 Å². The van der Waals surface area contributed by atoms with Gasteiger partial charge in [-0.2, -0.15) is 11.8 Å². The standard InChI is InChI=1S/C13H18BrNOS2/c14-10-5-12(18-8-10)7-15-11-1-3-16-13(6-11)2-4-17-9-13/h5,8,11,15H,1-4,6-7,9H2. The van der Waals surface area contributed by atoms with Crippen LogP contribution in [-0.4, -0.2) is 29.8 Å². The van der Waals surface area contributed by atoms with Gasteiger partial charge >= 0.3 is 0 Å². The zero-order chi connectivity index (χ0) is 12.4. The first kappa shape index (κ1) is 13.4. The van der Waals surface area contributed by atoms with Gasteiger partial charge < -0.3 is 10.1 Å². The molecule has 18 heavy (non-hydrogen) atoms. The van der Waals surface area contributed by atoms with Crippen molar-refractivity contribution in [2.24, 2.45) is 0 Å². The van der Waals surface area contributed by atoms with E-state index in [4.69, 9.17) is 4.74 Å². The van der Waals surface area contributed by atoms with Crippen LogP contribution < -0.4 is 5.32 Å². The Kier molecular flexibility index (Phi) is 4.35. The van der Waals surface area contributed by atoms with Crippen molar-refractivity contribution in [3.05, 3.63) is 20.8 Å². The Morgan fingerprint density at radius 2 is 2.50 bits per heavy atom. The first-order valence-corrected chi connectivity index (χ1v) is 9.27. The first-order valence-electron chi connectivity index (χ1n) is 6.44. The van der Waals surface area contributed by atoms with Gasteiger partial charge in [0.1, 0.15) is 0 Å². The van der Waals surface area contributed by atoms with Crippen LogP contribution in [-0.2, 0) is 11.3 Å². The zero-order valence-corrected chi connectivity index (χ0v) is 13.5. The van der Waals surface area contributed by atoms with E-state index in [0.717, 1.165) is 19.6 Å². The molecular formula is C13H18BrNOS2. The number of thioether (sulfide) groups is 1. The Morgan fingerprint density at radius 3 is 3.22 bits per heavy atom. The molecule has 0 aliphatic carbocycles. The summed E-state index contributed by atoms with van der Waals surface area (Å²) >= 11 is 7.37. The summed E-state index contributed by atoms with van der Waals surface area (Å²) in [6, 6.07) is 2.83. The molecule has 2 saturated heterocycles. The number of nitrogens with one attached hydrogen (secondary N) is 1. The van der Waals surface area contributed by atoms with Gasteiger partial charge in [0.15, 0.2) is 0 Å². The maximum atomic E-state index is 6.05. The molecule has 1 N–H and O–H groups in total. The Bertz CT molecular complexity index is 403. The predicted octanol–water partition coefficient (Wildman–Crippen LogP) is 3.65. The summed E-state index contributed by atoms with van der Waals surface area (Å²) in [6.45, 7) is 1.91. The van der Waals surface area contributed by atoms with E-state index < -0.39 is 0 Å². The third-order valence-electron chi connectivity index (χ3n) is 3.75. The fourth-order valence-corrected chi connectivity index (χ4v) is 5.54. The highest BCUT2D eigenvalue weighted by Crippen LogP contribution is 2.38. The predicted molar refractivity (Wildman–Crippen MR) is 82.5 cm³/mol. The molecule has 0 saturated carbocycles. The molecule has 2 nitrogen and oxygen atoms in total. The average Bonchev–Trinajstić information content (AvgIpc) is 2.97. The number of hydrogen-bond donors (Lipinski definition) is 1. The number of thiophene rings is 1. The fourth-order valence-electron chi connectivity index (χ4n) is 2.76. The molecule has 1 aromatic heterocycles. The molecule has 2 aliphatic heterocycles. The summed E-state index contributed by atoms with van der Waals surface area (Å²) in [5.41, 5.74) is 0.191. The number of rotatable bonds is 3. The van der Waals surface area contributed by atoms with Crippen LogP contribution in [0.2, 0.25) is 0 Å². The first-order chi connectivity index (χ1) is 8.76. The number of hydrogen-bond acceptors (Lipinski definition) is 4. The molecule has 100 valence electrons. The molecule has 2 atom stereocenters. The maximum Gasteiger partial charge on any atom is 0.0795 e. The summed E-state index contributed by atoms with van der Waals surface area (Å²) in [7, 11) is 0. The highest BCUT2D eigenvalue weighted by atomic mass is 79.9. The van der Waals surface area contributed by atoms with Gasteiger partial charge in [0.25, 0.3) is 0 Å². The summed E-state index contributed by atoms with van der Waals surface area (Å²) in [6.07, 6.45) is 3.58. The second-order valence-corrected chi connectivity index (χ2v) is 8.15. The van der Waals surface area contributed by atoms with Gasteiger partial charge in [0.05, 0.1) is 5.60 Å². The van der Waals surface area contributed by atoms with E-state index in [2.05, 4.69) is 32.7 Å². The van der Waals surface area contributed by atoms with Crippen LogP contribution >= 0.6 is 39.0 Å². The minimum atomic E-state index is 0.191. The third kappa shape index (κ3) is 3.12. The molecule has 2 fully saturated rings. The van der Waals surface area contributed by atoms with Crippen LogP contribution in [0, 0.1) is 0 Å². The molecule has 2 unspecified atom stereocenters. The molecule has 0 radical (unpaired) electrons. The van der Waals surface area contributed by atoms with E-state index in [-0.39, 0.29) is 5.60 Å². The van der Waals surface area contributed by atoms with Crippen LogP contribution in [0.5, 0.6) is 0 Å². The smallest absolute Gasteiger partial charge is 0.0795 e. The Labute approximate surface area is 125 Å². The molecule has 5 heteroatoms. The summed E-state index contributed by atoms with van der Waals surface area (Å²) in [5, 5.41) is 5.85. The van der Waals surface area contributed by atoms with Gasteiger partial charge in [-0.25, -0.2) is 0 Å². The molecule has 1 aromatic rings. The lowest BCUT2D eigenvalue weighted by Crippen LogP contribution is -2.46. The van der Waals surface area contributed by atoms with E-state index in [1.54, 1.807) is 0 Å². The molecule has 1 spiro atoms. The second-order valence-electron chi connectivity index (χ2n) is 5.14. The minimum absolute atomic E-state index is 0.191. The Balaban J connectivity index is 1.53. The van der Waals surface area contributed by atoms with Gasteiger partial charge in [-0.3, -0.25) is 0 Å². The van der Waals surface area contributed by atoms with Crippen molar-refractivity contribution >= 4 is 39.0 Å². The monoisotopic (exact) mass is 347 g/mol. The second kappa shape index (κ2) is 5.83. The van der Waals surface area contributed by atoms with Crippen LogP contribution in [0.1, 0.15) is 24.1 Å². The largest absolute Gasteiger partial charge is 0.374 e. The van der Waals surface area contributed by atoms with Gasteiger partial charge in [0.2, 0.25) is 0 Å². The van der Waals surface area contributed by atoms with Crippen molar-refractivity contribution in [1.29, 1.82) is 0 Å². The topological polar surface area (TPSA) is 21.3 Å². The van der Waals surface area contributed by atoms with Crippen molar-refractivity contribution in [3.63, 3.8) is 0 Å².